The van der Waals surface area contributed by atoms with Gasteiger partial charge in [0.05, 0.1) is 0 Å². The van der Waals surface area contributed by atoms with E-state index < -0.39 is 24.3 Å². The molecule has 0 heterocycles. The SMILES string of the molecule is CCCCCCC(F)(F)C(F)(F)C(F)(F)NC. The third-order valence-corrected chi connectivity index (χ3v) is 2.51. The molecule has 0 amide bonds. The first-order valence-corrected chi connectivity index (χ1v) is 5.44. The fourth-order valence-electron chi connectivity index (χ4n) is 1.32. The van der Waals surface area contributed by atoms with Gasteiger partial charge in [0, 0.05) is 6.42 Å². The molecule has 0 rings (SSSR count). The first-order chi connectivity index (χ1) is 7.62. The largest absolute Gasteiger partial charge is 0.386 e. The topological polar surface area (TPSA) is 12.0 Å². The van der Waals surface area contributed by atoms with Gasteiger partial charge in [-0.15, -0.1) is 0 Å². The maximum atomic E-state index is 13.0. The fourth-order valence-corrected chi connectivity index (χ4v) is 1.32. The fraction of sp³-hybridized carbons (Fsp3) is 1.00. The van der Waals surface area contributed by atoms with Crippen LogP contribution in [0.15, 0.2) is 0 Å². The predicted octanol–water partition coefficient (Wildman–Crippen LogP) is 4.04. The molecule has 0 aromatic rings. The molecule has 0 unspecified atom stereocenters. The standard InChI is InChI=1S/C10H17F6N/c1-3-4-5-6-7-8(11,12)9(13,14)10(15,16)17-2/h17H,3-7H2,1-2H3. The second-order valence-electron chi connectivity index (χ2n) is 3.91. The molecule has 0 aromatic carbocycles. The van der Waals surface area contributed by atoms with Crippen LogP contribution >= 0.6 is 0 Å². The van der Waals surface area contributed by atoms with Crippen LogP contribution in [0.3, 0.4) is 0 Å². The van der Waals surface area contributed by atoms with Crippen LogP contribution in [0.1, 0.15) is 39.0 Å². The lowest BCUT2D eigenvalue weighted by atomic mass is 10.0. The van der Waals surface area contributed by atoms with Crippen molar-refractivity contribution in [3.05, 3.63) is 0 Å². The molecule has 0 saturated heterocycles. The lowest BCUT2D eigenvalue weighted by Crippen LogP contribution is -2.59. The molecule has 0 spiro atoms. The Morgan fingerprint density at radius 1 is 0.882 bits per heavy atom. The quantitative estimate of drug-likeness (QED) is 0.397. The Bertz CT molecular complexity index is 229. The molecule has 0 aliphatic rings. The van der Waals surface area contributed by atoms with Crippen LogP contribution in [-0.4, -0.2) is 24.9 Å². The van der Waals surface area contributed by atoms with Gasteiger partial charge in [-0.2, -0.15) is 26.3 Å². The summed E-state index contributed by atoms with van der Waals surface area (Å²) in [5.41, 5.74) is 0. The normalized spacial score (nSPS) is 14.1. The first-order valence-electron chi connectivity index (χ1n) is 5.44. The molecule has 0 radical (unpaired) electrons. The van der Waals surface area contributed by atoms with E-state index in [0.717, 1.165) is 11.7 Å². The summed E-state index contributed by atoms with van der Waals surface area (Å²) >= 11 is 0. The Morgan fingerprint density at radius 2 is 1.41 bits per heavy atom. The van der Waals surface area contributed by atoms with Crippen molar-refractivity contribution >= 4 is 0 Å². The zero-order valence-electron chi connectivity index (χ0n) is 9.80. The second-order valence-corrected chi connectivity index (χ2v) is 3.91. The molecule has 1 N–H and O–H groups in total. The monoisotopic (exact) mass is 265 g/mol. The second kappa shape index (κ2) is 5.93. The van der Waals surface area contributed by atoms with Gasteiger partial charge >= 0.3 is 17.9 Å². The van der Waals surface area contributed by atoms with Crippen LogP contribution in [0, 0.1) is 0 Å². The highest BCUT2D eigenvalue weighted by atomic mass is 19.3. The van der Waals surface area contributed by atoms with Crippen molar-refractivity contribution in [3.63, 3.8) is 0 Å². The van der Waals surface area contributed by atoms with E-state index in [2.05, 4.69) is 0 Å². The molecule has 1 nitrogen and oxygen atoms in total. The highest BCUT2D eigenvalue weighted by Crippen LogP contribution is 2.46. The number of unbranched alkanes of at least 4 members (excludes halogenated alkanes) is 3. The van der Waals surface area contributed by atoms with Gasteiger partial charge in [0.2, 0.25) is 0 Å². The molecule has 0 aromatic heterocycles. The van der Waals surface area contributed by atoms with Crippen LogP contribution in [0.4, 0.5) is 26.3 Å². The van der Waals surface area contributed by atoms with E-state index in [4.69, 9.17) is 0 Å². The molecule has 7 heteroatoms. The Hall–Kier alpha value is -0.460. The minimum absolute atomic E-state index is 0.198. The Kier molecular flexibility index (Phi) is 5.77. The van der Waals surface area contributed by atoms with E-state index in [9.17, 15) is 26.3 Å². The third-order valence-electron chi connectivity index (χ3n) is 2.51. The Labute approximate surface area is 96.6 Å². The minimum atomic E-state index is -5.39. The third kappa shape index (κ3) is 3.76. The average molecular weight is 265 g/mol. The van der Waals surface area contributed by atoms with Crippen molar-refractivity contribution in [1.29, 1.82) is 0 Å². The van der Waals surface area contributed by atoms with Gasteiger partial charge < -0.3 is 0 Å². The van der Waals surface area contributed by atoms with Crippen LogP contribution in [0.5, 0.6) is 0 Å². The Balaban J connectivity index is 4.56. The molecule has 0 aliphatic heterocycles. The van der Waals surface area contributed by atoms with Gasteiger partial charge in [-0.1, -0.05) is 26.2 Å². The van der Waals surface area contributed by atoms with Crippen LogP contribution < -0.4 is 5.32 Å². The summed E-state index contributed by atoms with van der Waals surface area (Å²) in [4.78, 5) is 0. The van der Waals surface area contributed by atoms with E-state index in [0.29, 0.717) is 19.9 Å². The number of halogens is 6. The van der Waals surface area contributed by atoms with Crippen molar-refractivity contribution in [2.45, 2.75) is 56.9 Å². The molecular weight excluding hydrogens is 248 g/mol. The first kappa shape index (κ1) is 16.5. The van der Waals surface area contributed by atoms with E-state index in [1.54, 1.807) is 0 Å². The van der Waals surface area contributed by atoms with Gasteiger partial charge in [-0.05, 0) is 13.5 Å². The average Bonchev–Trinajstić information content (AvgIpc) is 2.24. The van der Waals surface area contributed by atoms with E-state index in [1.165, 1.54) is 0 Å². The molecule has 0 saturated carbocycles. The Morgan fingerprint density at radius 3 is 1.82 bits per heavy atom. The number of rotatable bonds is 8. The highest BCUT2D eigenvalue weighted by Gasteiger charge is 2.70. The summed E-state index contributed by atoms with van der Waals surface area (Å²) in [5, 5.41) is 0.926. The van der Waals surface area contributed by atoms with Gasteiger partial charge in [0.15, 0.2) is 0 Å². The van der Waals surface area contributed by atoms with Gasteiger partial charge in [-0.3, -0.25) is 5.32 Å². The van der Waals surface area contributed by atoms with Crippen LogP contribution in [0.2, 0.25) is 0 Å². The highest BCUT2D eigenvalue weighted by molar-refractivity contribution is 4.94. The molecule has 0 fully saturated rings. The predicted molar refractivity (Wildman–Crippen MR) is 52.7 cm³/mol. The number of hydrogen-bond donors (Lipinski definition) is 1. The van der Waals surface area contributed by atoms with Crippen LogP contribution in [0.25, 0.3) is 0 Å². The van der Waals surface area contributed by atoms with Crippen molar-refractivity contribution in [2.75, 3.05) is 7.05 Å². The number of nitrogens with one attached hydrogen (secondary N) is 1. The summed E-state index contributed by atoms with van der Waals surface area (Å²) in [5.74, 6) is -10.1. The number of hydrogen-bond acceptors (Lipinski definition) is 1. The van der Waals surface area contributed by atoms with Gasteiger partial charge in [0.25, 0.3) is 0 Å². The van der Waals surface area contributed by atoms with Crippen molar-refractivity contribution in [2.24, 2.45) is 0 Å². The van der Waals surface area contributed by atoms with Gasteiger partial charge in [0.1, 0.15) is 0 Å². The summed E-state index contributed by atoms with van der Waals surface area (Å²) in [6.07, 6.45) is 0.250. The number of alkyl halides is 6. The lowest BCUT2D eigenvalue weighted by Gasteiger charge is -2.32. The zero-order chi connectivity index (χ0) is 13.7. The summed E-state index contributed by atoms with van der Waals surface area (Å²) < 4.78 is 77.3. The molecule has 0 aliphatic carbocycles. The maximum Gasteiger partial charge on any atom is 0.386 e. The maximum absolute atomic E-state index is 13.0. The minimum Gasteiger partial charge on any atom is -0.256 e. The zero-order valence-corrected chi connectivity index (χ0v) is 9.80. The molecule has 17 heavy (non-hydrogen) atoms. The lowest BCUT2D eigenvalue weighted by molar-refractivity contribution is -0.319. The summed E-state index contributed by atoms with van der Waals surface area (Å²) in [7, 11) is 0.515. The van der Waals surface area contributed by atoms with E-state index in [-0.39, 0.29) is 6.42 Å². The summed E-state index contributed by atoms with van der Waals surface area (Å²) in [6, 6.07) is -4.92. The molecular formula is C10H17F6N. The van der Waals surface area contributed by atoms with Crippen LogP contribution in [-0.2, 0) is 0 Å². The molecule has 104 valence electrons. The van der Waals surface area contributed by atoms with Crippen molar-refractivity contribution < 1.29 is 26.3 Å². The van der Waals surface area contributed by atoms with Gasteiger partial charge in [-0.25, -0.2) is 0 Å². The van der Waals surface area contributed by atoms with E-state index >= 15 is 0 Å². The molecule has 0 atom stereocenters. The van der Waals surface area contributed by atoms with Crippen molar-refractivity contribution in [1.82, 2.24) is 5.32 Å². The smallest absolute Gasteiger partial charge is 0.256 e. The summed E-state index contributed by atoms with van der Waals surface area (Å²) in [6.45, 7) is 1.82. The van der Waals surface area contributed by atoms with Crippen molar-refractivity contribution in [3.8, 4) is 0 Å². The van der Waals surface area contributed by atoms with E-state index in [1.807, 2.05) is 6.92 Å². The molecule has 0 bridgehead atoms.